The van der Waals surface area contributed by atoms with Gasteiger partial charge in [-0.05, 0) is 29.8 Å². The minimum absolute atomic E-state index is 0.0159. The first-order valence-corrected chi connectivity index (χ1v) is 11.7. The summed E-state index contributed by atoms with van der Waals surface area (Å²) in [6.45, 7) is 1.28. The first-order valence-electron chi connectivity index (χ1n) is 11.7. The lowest BCUT2D eigenvalue weighted by atomic mass is 10.0. The van der Waals surface area contributed by atoms with Crippen LogP contribution in [0.5, 0.6) is 0 Å². The van der Waals surface area contributed by atoms with E-state index in [4.69, 9.17) is 11.0 Å². The van der Waals surface area contributed by atoms with E-state index in [2.05, 4.69) is 20.2 Å². The molecule has 1 fully saturated rings. The van der Waals surface area contributed by atoms with Crippen molar-refractivity contribution in [3.05, 3.63) is 59.4 Å². The maximum absolute atomic E-state index is 14.5. The molecule has 2 aliphatic heterocycles. The number of hydrogen-bond acceptors (Lipinski definition) is 8. The molecule has 5 rings (SSSR count). The van der Waals surface area contributed by atoms with Crippen LogP contribution in [0.15, 0.2) is 41.8 Å². The van der Waals surface area contributed by atoms with Crippen molar-refractivity contribution in [3.8, 4) is 17.5 Å². The maximum atomic E-state index is 14.5. The Morgan fingerprint density at radius 2 is 1.95 bits per heavy atom. The van der Waals surface area contributed by atoms with Gasteiger partial charge in [-0.15, -0.1) is 0 Å². The third-order valence-electron chi connectivity index (χ3n) is 6.23. The van der Waals surface area contributed by atoms with E-state index in [9.17, 15) is 18.4 Å². The van der Waals surface area contributed by atoms with Crippen molar-refractivity contribution in [2.24, 2.45) is 10.8 Å². The van der Waals surface area contributed by atoms with E-state index < -0.39 is 23.6 Å². The maximum Gasteiger partial charge on any atom is 0.341 e. The van der Waals surface area contributed by atoms with Crippen LogP contribution in [-0.2, 0) is 11.3 Å². The zero-order valence-electron chi connectivity index (χ0n) is 20.0. The SMILES string of the molecule is N#Cc1cc(F)cc([C@@H]2CC=NN2C(=O)N2CCN(c3ncc(F)c(-c4ccn(CC(N)=O)n4)n3)CC2)c1. The Morgan fingerprint density at radius 3 is 2.68 bits per heavy atom. The molecule has 12 nitrogen and oxygen atoms in total. The van der Waals surface area contributed by atoms with E-state index in [1.165, 1.54) is 28.0 Å². The molecule has 38 heavy (non-hydrogen) atoms. The molecule has 2 aromatic heterocycles. The van der Waals surface area contributed by atoms with Gasteiger partial charge in [-0.1, -0.05) is 0 Å². The number of benzene rings is 1. The van der Waals surface area contributed by atoms with Crippen molar-refractivity contribution in [3.63, 3.8) is 0 Å². The highest BCUT2D eigenvalue weighted by molar-refractivity contribution is 5.79. The summed E-state index contributed by atoms with van der Waals surface area (Å²) in [6, 6.07) is 6.60. The Bertz CT molecular complexity index is 1460. The predicted molar refractivity (Wildman–Crippen MR) is 130 cm³/mol. The van der Waals surface area contributed by atoms with Crippen molar-refractivity contribution < 1.29 is 18.4 Å². The summed E-state index contributed by atoms with van der Waals surface area (Å²) in [7, 11) is 0. The standard InChI is InChI=1S/C24H22F2N10O2/c25-17-10-15(12-27)9-16(11-17)20-1-3-30-36(20)24(38)34-7-5-33(6-8-34)23-29-13-18(26)22(31-23)19-2-4-35(32-19)14-21(28)37/h2-4,9-11,13,20H,1,5-8,14H2,(H2,28,37)/t20-/m0/s1. The highest BCUT2D eigenvalue weighted by Gasteiger charge is 2.34. The number of amides is 3. The Kier molecular flexibility index (Phi) is 6.65. The number of piperazine rings is 1. The van der Waals surface area contributed by atoms with Crippen LogP contribution in [0.1, 0.15) is 23.6 Å². The summed E-state index contributed by atoms with van der Waals surface area (Å²) in [5.41, 5.74) is 6.07. The van der Waals surface area contributed by atoms with Crippen LogP contribution in [0.4, 0.5) is 19.5 Å². The molecule has 2 aliphatic rings. The van der Waals surface area contributed by atoms with E-state index in [0.717, 1.165) is 12.3 Å². The first-order chi connectivity index (χ1) is 18.3. The van der Waals surface area contributed by atoms with Crippen molar-refractivity contribution >= 4 is 24.1 Å². The second-order valence-electron chi connectivity index (χ2n) is 8.77. The second-order valence-corrected chi connectivity index (χ2v) is 8.77. The summed E-state index contributed by atoms with van der Waals surface area (Å²) in [4.78, 5) is 36.3. The van der Waals surface area contributed by atoms with Crippen LogP contribution in [-0.4, -0.2) is 74.0 Å². The van der Waals surface area contributed by atoms with Crippen LogP contribution in [0.2, 0.25) is 0 Å². The molecule has 0 radical (unpaired) electrons. The summed E-state index contributed by atoms with van der Waals surface area (Å²) in [6.07, 6.45) is 4.56. The van der Waals surface area contributed by atoms with Crippen LogP contribution in [0, 0.1) is 23.0 Å². The Balaban J connectivity index is 1.26. The number of hydrogen-bond donors (Lipinski definition) is 1. The topological polar surface area (TPSA) is 150 Å². The van der Waals surface area contributed by atoms with Gasteiger partial charge in [0.15, 0.2) is 5.82 Å². The molecule has 2 N–H and O–H groups in total. The third kappa shape index (κ3) is 4.99. The average Bonchev–Trinajstić information content (AvgIpc) is 3.58. The molecule has 0 unspecified atom stereocenters. The molecule has 0 aliphatic carbocycles. The molecule has 0 bridgehead atoms. The normalized spacial score (nSPS) is 17.1. The molecule has 0 spiro atoms. The Labute approximate surface area is 215 Å². The molecule has 3 amide bonds. The van der Waals surface area contributed by atoms with E-state index in [-0.39, 0.29) is 35.5 Å². The van der Waals surface area contributed by atoms with Gasteiger partial charge in [-0.25, -0.2) is 28.6 Å². The number of urea groups is 1. The van der Waals surface area contributed by atoms with E-state index in [0.29, 0.717) is 38.2 Å². The number of halogens is 2. The fourth-order valence-electron chi connectivity index (χ4n) is 4.41. The Hall–Kier alpha value is -4.93. The molecule has 194 valence electrons. The number of primary amides is 1. The number of nitrogens with zero attached hydrogens (tertiary/aromatic N) is 9. The third-order valence-corrected chi connectivity index (χ3v) is 6.23. The number of aromatic nitrogens is 4. The van der Waals surface area contributed by atoms with Gasteiger partial charge in [-0.2, -0.15) is 15.5 Å². The summed E-state index contributed by atoms with van der Waals surface area (Å²) >= 11 is 0. The van der Waals surface area contributed by atoms with Crippen LogP contribution >= 0.6 is 0 Å². The highest BCUT2D eigenvalue weighted by atomic mass is 19.1. The van der Waals surface area contributed by atoms with Crippen molar-refractivity contribution in [2.45, 2.75) is 19.0 Å². The smallest absolute Gasteiger partial charge is 0.341 e. The second kappa shape index (κ2) is 10.2. The lowest BCUT2D eigenvalue weighted by molar-refractivity contribution is -0.118. The fraction of sp³-hybridized carbons (Fsp3) is 0.292. The predicted octanol–water partition coefficient (Wildman–Crippen LogP) is 1.65. The zero-order valence-corrected chi connectivity index (χ0v) is 20.0. The lowest BCUT2D eigenvalue weighted by Gasteiger charge is -2.37. The fourth-order valence-corrected chi connectivity index (χ4v) is 4.41. The van der Waals surface area contributed by atoms with Gasteiger partial charge in [-0.3, -0.25) is 9.48 Å². The average molecular weight is 521 g/mol. The van der Waals surface area contributed by atoms with Crippen LogP contribution in [0.25, 0.3) is 11.4 Å². The van der Waals surface area contributed by atoms with Gasteiger partial charge in [0.1, 0.15) is 23.7 Å². The minimum Gasteiger partial charge on any atom is -0.368 e. The molecule has 1 aromatic carbocycles. The number of hydrazone groups is 1. The van der Waals surface area contributed by atoms with E-state index >= 15 is 0 Å². The molecule has 14 heteroatoms. The molecule has 3 aromatic rings. The summed E-state index contributed by atoms with van der Waals surface area (Å²) in [5, 5.41) is 18.8. The zero-order chi connectivity index (χ0) is 26.8. The van der Waals surface area contributed by atoms with Crippen molar-refractivity contribution in [1.29, 1.82) is 5.26 Å². The number of nitriles is 1. The molecule has 0 saturated carbocycles. The van der Waals surface area contributed by atoms with E-state index in [1.54, 1.807) is 17.2 Å². The van der Waals surface area contributed by atoms with E-state index in [1.807, 2.05) is 11.0 Å². The molecular weight excluding hydrogens is 498 g/mol. The van der Waals surface area contributed by atoms with Crippen LogP contribution in [0.3, 0.4) is 0 Å². The number of nitrogens with two attached hydrogens (primary N) is 1. The monoisotopic (exact) mass is 520 g/mol. The largest absolute Gasteiger partial charge is 0.368 e. The molecule has 4 heterocycles. The number of anilines is 1. The lowest BCUT2D eigenvalue weighted by Crippen LogP contribution is -2.52. The minimum atomic E-state index is -0.665. The Morgan fingerprint density at radius 1 is 1.16 bits per heavy atom. The van der Waals surface area contributed by atoms with Gasteiger partial charge in [0.05, 0.1) is 23.9 Å². The molecular formula is C24H22F2N10O2. The van der Waals surface area contributed by atoms with Crippen LogP contribution < -0.4 is 10.6 Å². The number of carbonyl (C=O) groups excluding carboxylic acids is 2. The number of carbonyl (C=O) groups is 2. The van der Waals surface area contributed by atoms with Gasteiger partial charge in [0, 0.05) is 45.0 Å². The van der Waals surface area contributed by atoms with Crippen molar-refractivity contribution in [1.82, 2.24) is 29.7 Å². The molecule has 1 atom stereocenters. The van der Waals surface area contributed by atoms with Gasteiger partial charge < -0.3 is 15.5 Å². The molecule has 1 saturated heterocycles. The summed E-state index contributed by atoms with van der Waals surface area (Å²) < 4.78 is 29.8. The van der Waals surface area contributed by atoms with Gasteiger partial charge >= 0.3 is 6.03 Å². The highest BCUT2D eigenvalue weighted by Crippen LogP contribution is 2.31. The van der Waals surface area contributed by atoms with Gasteiger partial charge in [0.25, 0.3) is 0 Å². The summed E-state index contributed by atoms with van der Waals surface area (Å²) in [5.74, 6) is -1.52. The van der Waals surface area contributed by atoms with Gasteiger partial charge in [0.2, 0.25) is 11.9 Å². The quantitative estimate of drug-likeness (QED) is 0.537. The first kappa shape index (κ1) is 24.8. The van der Waals surface area contributed by atoms with Crippen molar-refractivity contribution in [2.75, 3.05) is 31.1 Å². The number of rotatable bonds is 5.